The average Bonchev–Trinajstić information content (AvgIpc) is 2.11. The van der Waals surface area contributed by atoms with Gasteiger partial charge in [0.15, 0.2) is 0 Å². The zero-order chi connectivity index (χ0) is 9.56. The van der Waals surface area contributed by atoms with Crippen LogP contribution >= 0.6 is 0 Å². The van der Waals surface area contributed by atoms with Crippen LogP contribution in [0.4, 0.5) is 0 Å². The van der Waals surface area contributed by atoms with Crippen molar-refractivity contribution in [1.29, 1.82) is 0 Å². The molecule has 4 heteroatoms. The van der Waals surface area contributed by atoms with E-state index in [0.29, 0.717) is 12.5 Å². The molecule has 0 aliphatic heterocycles. The van der Waals surface area contributed by atoms with E-state index in [4.69, 9.17) is 10.8 Å². The summed E-state index contributed by atoms with van der Waals surface area (Å²) < 4.78 is 0. The molecule has 0 spiro atoms. The monoisotopic (exact) mass is 174 g/mol. The van der Waals surface area contributed by atoms with Gasteiger partial charge in [0.1, 0.15) is 6.04 Å². The predicted molar refractivity (Wildman–Crippen MR) is 47.5 cm³/mol. The molecule has 4 nitrogen and oxygen atoms in total. The summed E-state index contributed by atoms with van der Waals surface area (Å²) in [7, 11) is 0. The van der Waals surface area contributed by atoms with E-state index in [0.717, 1.165) is 6.42 Å². The van der Waals surface area contributed by atoms with Gasteiger partial charge in [-0.1, -0.05) is 20.3 Å². The van der Waals surface area contributed by atoms with Crippen molar-refractivity contribution >= 4 is 5.91 Å². The standard InChI is InChI=1S/C8H18N2O2/c1-3-6(2)4-10-8(12)7(9)5-11/h6-7,11H,3-5,9H2,1-2H3,(H,10,12)/t6?,7-/m0/s1. The van der Waals surface area contributed by atoms with Crippen LogP contribution in [0.15, 0.2) is 0 Å². The van der Waals surface area contributed by atoms with Crippen molar-refractivity contribution in [3.63, 3.8) is 0 Å². The minimum Gasteiger partial charge on any atom is -0.394 e. The van der Waals surface area contributed by atoms with Crippen LogP contribution in [0.3, 0.4) is 0 Å². The lowest BCUT2D eigenvalue weighted by Gasteiger charge is -2.12. The second-order valence-corrected chi connectivity index (χ2v) is 3.05. The van der Waals surface area contributed by atoms with Gasteiger partial charge >= 0.3 is 0 Å². The fraction of sp³-hybridized carbons (Fsp3) is 0.875. The van der Waals surface area contributed by atoms with Gasteiger partial charge in [-0.3, -0.25) is 4.79 Å². The predicted octanol–water partition coefficient (Wildman–Crippen LogP) is -0.532. The number of amides is 1. The lowest BCUT2D eigenvalue weighted by molar-refractivity contribution is -0.123. The van der Waals surface area contributed by atoms with Crippen molar-refractivity contribution in [3.05, 3.63) is 0 Å². The molecule has 0 radical (unpaired) electrons. The number of nitrogens with two attached hydrogens (primary N) is 1. The molecule has 1 amide bonds. The van der Waals surface area contributed by atoms with Gasteiger partial charge in [-0.25, -0.2) is 0 Å². The Morgan fingerprint density at radius 1 is 1.67 bits per heavy atom. The third-order valence-electron chi connectivity index (χ3n) is 1.86. The summed E-state index contributed by atoms with van der Waals surface area (Å²) in [5.41, 5.74) is 5.28. The van der Waals surface area contributed by atoms with Crippen LogP contribution in [0.5, 0.6) is 0 Å². The third-order valence-corrected chi connectivity index (χ3v) is 1.86. The van der Waals surface area contributed by atoms with E-state index < -0.39 is 6.04 Å². The van der Waals surface area contributed by atoms with Gasteiger partial charge in [-0.2, -0.15) is 0 Å². The number of nitrogens with one attached hydrogen (secondary N) is 1. The first-order valence-corrected chi connectivity index (χ1v) is 4.26. The summed E-state index contributed by atoms with van der Waals surface area (Å²) >= 11 is 0. The minimum atomic E-state index is -0.783. The summed E-state index contributed by atoms with van der Waals surface area (Å²) in [6, 6.07) is -0.783. The summed E-state index contributed by atoms with van der Waals surface area (Å²) in [6.07, 6.45) is 1.02. The molecule has 0 aliphatic carbocycles. The van der Waals surface area contributed by atoms with Crippen molar-refractivity contribution in [2.24, 2.45) is 11.7 Å². The number of hydrogen-bond donors (Lipinski definition) is 3. The van der Waals surface area contributed by atoms with E-state index in [1.165, 1.54) is 0 Å². The molecule has 72 valence electrons. The molecule has 12 heavy (non-hydrogen) atoms. The van der Waals surface area contributed by atoms with Gasteiger partial charge in [0.25, 0.3) is 0 Å². The largest absolute Gasteiger partial charge is 0.394 e. The van der Waals surface area contributed by atoms with Crippen LogP contribution in [0.1, 0.15) is 20.3 Å². The van der Waals surface area contributed by atoms with Crippen molar-refractivity contribution in [2.45, 2.75) is 26.3 Å². The smallest absolute Gasteiger partial charge is 0.239 e. The molecule has 0 aromatic carbocycles. The Kier molecular flexibility index (Phi) is 5.66. The molecule has 0 heterocycles. The van der Waals surface area contributed by atoms with Crippen LogP contribution in [-0.2, 0) is 4.79 Å². The summed E-state index contributed by atoms with van der Waals surface area (Å²) in [6.45, 7) is 4.43. The Hall–Kier alpha value is -0.610. The molecule has 0 aromatic heterocycles. The van der Waals surface area contributed by atoms with E-state index >= 15 is 0 Å². The average molecular weight is 174 g/mol. The zero-order valence-corrected chi connectivity index (χ0v) is 7.71. The number of aliphatic hydroxyl groups is 1. The zero-order valence-electron chi connectivity index (χ0n) is 7.71. The Bertz CT molecular complexity index is 139. The van der Waals surface area contributed by atoms with Crippen LogP contribution in [0.25, 0.3) is 0 Å². The van der Waals surface area contributed by atoms with Crippen LogP contribution in [0.2, 0.25) is 0 Å². The molecule has 4 N–H and O–H groups in total. The van der Waals surface area contributed by atoms with E-state index in [-0.39, 0.29) is 12.5 Å². The number of carbonyl (C=O) groups excluding carboxylic acids is 1. The maximum absolute atomic E-state index is 11.0. The molecule has 1 unspecified atom stereocenters. The summed E-state index contributed by atoms with van der Waals surface area (Å²) in [4.78, 5) is 11.0. The SMILES string of the molecule is CCC(C)CNC(=O)[C@@H](N)CO. The molecule has 0 aliphatic rings. The van der Waals surface area contributed by atoms with E-state index in [1.807, 2.05) is 6.92 Å². The normalized spacial score (nSPS) is 15.3. The molecule has 0 aromatic rings. The molecule has 0 rings (SSSR count). The first kappa shape index (κ1) is 11.4. The Labute approximate surface area is 73.1 Å². The van der Waals surface area contributed by atoms with Gasteiger partial charge in [0.2, 0.25) is 5.91 Å². The number of hydrogen-bond acceptors (Lipinski definition) is 3. The van der Waals surface area contributed by atoms with E-state index in [1.54, 1.807) is 0 Å². The molecule has 2 atom stereocenters. The number of carbonyl (C=O) groups is 1. The molecule has 0 saturated carbocycles. The molecular formula is C8H18N2O2. The highest BCUT2D eigenvalue weighted by Gasteiger charge is 2.11. The lowest BCUT2D eigenvalue weighted by Crippen LogP contribution is -2.44. The Morgan fingerprint density at radius 2 is 2.25 bits per heavy atom. The number of rotatable bonds is 5. The van der Waals surface area contributed by atoms with Crippen LogP contribution < -0.4 is 11.1 Å². The molecule has 0 fully saturated rings. The van der Waals surface area contributed by atoms with Gasteiger partial charge in [-0.15, -0.1) is 0 Å². The Balaban J connectivity index is 3.56. The maximum Gasteiger partial charge on any atom is 0.239 e. The lowest BCUT2D eigenvalue weighted by atomic mass is 10.1. The molecule has 0 saturated heterocycles. The van der Waals surface area contributed by atoms with Crippen molar-refractivity contribution in [3.8, 4) is 0 Å². The molecular weight excluding hydrogens is 156 g/mol. The highest BCUT2D eigenvalue weighted by Crippen LogP contribution is 1.96. The van der Waals surface area contributed by atoms with Gasteiger partial charge in [-0.05, 0) is 5.92 Å². The quantitative estimate of drug-likeness (QED) is 0.524. The van der Waals surface area contributed by atoms with Crippen molar-refractivity contribution < 1.29 is 9.90 Å². The van der Waals surface area contributed by atoms with Gasteiger partial charge < -0.3 is 16.2 Å². The number of aliphatic hydroxyl groups excluding tert-OH is 1. The van der Waals surface area contributed by atoms with Crippen molar-refractivity contribution in [1.82, 2.24) is 5.32 Å². The first-order chi connectivity index (χ1) is 5.61. The highest BCUT2D eigenvalue weighted by molar-refractivity contribution is 5.81. The van der Waals surface area contributed by atoms with E-state index in [2.05, 4.69) is 12.2 Å². The minimum absolute atomic E-state index is 0.280. The highest BCUT2D eigenvalue weighted by atomic mass is 16.3. The maximum atomic E-state index is 11.0. The third kappa shape index (κ3) is 4.31. The fourth-order valence-electron chi connectivity index (χ4n) is 0.633. The van der Waals surface area contributed by atoms with E-state index in [9.17, 15) is 4.79 Å². The summed E-state index contributed by atoms with van der Waals surface area (Å²) in [5, 5.41) is 11.2. The topological polar surface area (TPSA) is 75.4 Å². The van der Waals surface area contributed by atoms with Gasteiger partial charge in [0.05, 0.1) is 6.61 Å². The first-order valence-electron chi connectivity index (χ1n) is 4.26. The second-order valence-electron chi connectivity index (χ2n) is 3.05. The van der Waals surface area contributed by atoms with Crippen LogP contribution in [-0.4, -0.2) is 30.2 Å². The van der Waals surface area contributed by atoms with Crippen LogP contribution in [0, 0.1) is 5.92 Å². The van der Waals surface area contributed by atoms with Gasteiger partial charge in [0, 0.05) is 6.54 Å². The molecule has 0 bridgehead atoms. The van der Waals surface area contributed by atoms with Crippen molar-refractivity contribution in [2.75, 3.05) is 13.2 Å². The Morgan fingerprint density at radius 3 is 2.67 bits per heavy atom. The fourth-order valence-corrected chi connectivity index (χ4v) is 0.633. The summed E-state index contributed by atoms with van der Waals surface area (Å²) in [5.74, 6) is 0.178. The second kappa shape index (κ2) is 5.97.